The van der Waals surface area contributed by atoms with E-state index in [0.717, 1.165) is 20.8 Å². The van der Waals surface area contributed by atoms with Crippen molar-refractivity contribution in [1.29, 1.82) is 0 Å². The van der Waals surface area contributed by atoms with E-state index in [1.54, 1.807) is 6.92 Å². The highest BCUT2D eigenvalue weighted by atomic mass is 16.6. The fraction of sp³-hybridized carbons (Fsp3) is 0.700. The molecule has 0 unspecified atom stereocenters. The van der Waals surface area contributed by atoms with Crippen molar-refractivity contribution in [2.24, 2.45) is 0 Å². The molecule has 0 aromatic carbocycles. The lowest BCUT2D eigenvalue weighted by atomic mass is 10.3. The minimum absolute atomic E-state index is 0.0911. The van der Waals surface area contributed by atoms with Crippen LogP contribution in [0.5, 0.6) is 0 Å². The van der Waals surface area contributed by atoms with Crippen LogP contribution in [0.25, 0.3) is 0 Å². The Labute approximate surface area is 190 Å². The van der Waals surface area contributed by atoms with Crippen molar-refractivity contribution in [2.75, 3.05) is 6.61 Å². The van der Waals surface area contributed by atoms with E-state index in [1.165, 1.54) is 20.8 Å². The molecule has 0 aromatic heterocycles. The number of esters is 6. The summed E-state index contributed by atoms with van der Waals surface area (Å²) < 4.78 is 28.6. The van der Waals surface area contributed by atoms with Crippen LogP contribution in [-0.4, -0.2) is 84.2 Å². The standard InChI is InChI=1S/C20H30O13/c1-8-28-16(23)10(3)30-18(25)12(5)32-20(27)14(7)33-19(26)13(6)31-17(24)11(4)29-15(22)9(2)21/h9-14,21H,8H2,1-7H3/t9-,10-,11-,12-,13-,14-/m0/s1. The zero-order chi connectivity index (χ0) is 25.9. The van der Waals surface area contributed by atoms with Crippen LogP contribution in [0.3, 0.4) is 0 Å². The van der Waals surface area contributed by atoms with Gasteiger partial charge >= 0.3 is 35.8 Å². The first-order valence-electron chi connectivity index (χ1n) is 10.1. The molecule has 0 radical (unpaired) electrons. The van der Waals surface area contributed by atoms with Gasteiger partial charge in [0.15, 0.2) is 30.5 Å². The van der Waals surface area contributed by atoms with Crippen molar-refractivity contribution in [1.82, 2.24) is 0 Å². The summed E-state index contributed by atoms with van der Waals surface area (Å²) in [5.41, 5.74) is 0. The highest BCUT2D eigenvalue weighted by molar-refractivity contribution is 5.86. The van der Waals surface area contributed by atoms with Gasteiger partial charge in [-0.15, -0.1) is 0 Å². The largest absolute Gasteiger partial charge is 0.463 e. The Bertz CT molecular complexity index is 729. The van der Waals surface area contributed by atoms with Crippen molar-refractivity contribution in [2.45, 2.75) is 85.1 Å². The van der Waals surface area contributed by atoms with Crippen LogP contribution < -0.4 is 0 Å². The second-order valence-corrected chi connectivity index (χ2v) is 6.82. The van der Waals surface area contributed by atoms with Crippen molar-refractivity contribution in [3.8, 4) is 0 Å². The van der Waals surface area contributed by atoms with Gasteiger partial charge in [0, 0.05) is 0 Å². The smallest absolute Gasteiger partial charge is 0.347 e. The van der Waals surface area contributed by atoms with Gasteiger partial charge in [-0.25, -0.2) is 28.8 Å². The molecule has 188 valence electrons. The molecule has 0 spiro atoms. The van der Waals surface area contributed by atoms with Gasteiger partial charge in [0.25, 0.3) is 0 Å². The lowest BCUT2D eigenvalue weighted by molar-refractivity contribution is -0.187. The number of carbonyl (C=O) groups excluding carboxylic acids is 6. The van der Waals surface area contributed by atoms with E-state index in [0.29, 0.717) is 0 Å². The minimum atomic E-state index is -1.48. The SMILES string of the molecule is CCOC(=O)[C@H](C)OC(=O)[C@H](C)OC(=O)[C@H](C)OC(=O)[C@H](C)OC(=O)[C@H](C)OC(=O)[C@H](C)O. The number of aliphatic hydroxyl groups excluding tert-OH is 1. The van der Waals surface area contributed by atoms with Gasteiger partial charge in [0.2, 0.25) is 0 Å². The molecule has 0 fully saturated rings. The van der Waals surface area contributed by atoms with E-state index < -0.39 is 72.4 Å². The Hall–Kier alpha value is -3.22. The molecule has 33 heavy (non-hydrogen) atoms. The minimum Gasteiger partial charge on any atom is -0.463 e. The Morgan fingerprint density at radius 1 is 0.515 bits per heavy atom. The molecule has 13 heteroatoms. The normalized spacial score (nSPS) is 16.0. The average molecular weight is 478 g/mol. The zero-order valence-corrected chi connectivity index (χ0v) is 19.5. The van der Waals surface area contributed by atoms with Gasteiger partial charge in [0.1, 0.15) is 6.10 Å². The third-order valence-corrected chi connectivity index (χ3v) is 3.75. The van der Waals surface area contributed by atoms with Gasteiger partial charge in [0.05, 0.1) is 6.61 Å². The van der Waals surface area contributed by atoms with Crippen LogP contribution in [-0.2, 0) is 57.2 Å². The Morgan fingerprint density at radius 3 is 1.00 bits per heavy atom. The summed E-state index contributed by atoms with van der Waals surface area (Å²) in [6.45, 7) is 8.75. The molecule has 0 aliphatic rings. The number of carbonyl (C=O) groups is 6. The number of rotatable bonds is 12. The summed E-state index contributed by atoms with van der Waals surface area (Å²) in [4.78, 5) is 70.7. The van der Waals surface area contributed by atoms with E-state index in [9.17, 15) is 28.8 Å². The first kappa shape index (κ1) is 29.8. The van der Waals surface area contributed by atoms with Crippen LogP contribution in [0.2, 0.25) is 0 Å². The Balaban J connectivity index is 4.65. The molecule has 0 aromatic rings. The van der Waals surface area contributed by atoms with Crippen LogP contribution in [0.15, 0.2) is 0 Å². The van der Waals surface area contributed by atoms with E-state index in [-0.39, 0.29) is 6.61 Å². The van der Waals surface area contributed by atoms with Crippen LogP contribution in [0.4, 0.5) is 0 Å². The molecule has 6 atom stereocenters. The third-order valence-electron chi connectivity index (χ3n) is 3.75. The van der Waals surface area contributed by atoms with Gasteiger partial charge in [-0.1, -0.05) is 0 Å². The van der Waals surface area contributed by atoms with Crippen molar-refractivity contribution in [3.05, 3.63) is 0 Å². The molecule has 0 saturated heterocycles. The fourth-order valence-corrected chi connectivity index (χ4v) is 1.85. The quantitative estimate of drug-likeness (QED) is 0.283. The predicted molar refractivity (Wildman–Crippen MR) is 106 cm³/mol. The summed E-state index contributed by atoms with van der Waals surface area (Å²) in [6, 6.07) is 0. The van der Waals surface area contributed by atoms with Gasteiger partial charge < -0.3 is 33.5 Å². The summed E-state index contributed by atoms with van der Waals surface area (Å²) in [5.74, 6) is -6.16. The molecule has 0 amide bonds. The maximum atomic E-state index is 12.1. The molecule has 1 N–H and O–H groups in total. The topological polar surface area (TPSA) is 178 Å². The van der Waals surface area contributed by atoms with Crippen molar-refractivity contribution >= 4 is 35.8 Å². The van der Waals surface area contributed by atoms with Crippen LogP contribution in [0.1, 0.15) is 48.5 Å². The first-order chi connectivity index (χ1) is 15.2. The number of hydrogen-bond donors (Lipinski definition) is 1. The second-order valence-electron chi connectivity index (χ2n) is 6.82. The van der Waals surface area contributed by atoms with Gasteiger partial charge in [-0.3, -0.25) is 0 Å². The monoisotopic (exact) mass is 478 g/mol. The van der Waals surface area contributed by atoms with Crippen molar-refractivity contribution in [3.63, 3.8) is 0 Å². The predicted octanol–water partition coefficient (Wildman–Crippen LogP) is -0.411. The van der Waals surface area contributed by atoms with E-state index in [1.807, 2.05) is 0 Å². The number of hydrogen-bond acceptors (Lipinski definition) is 13. The molecule has 0 aliphatic heterocycles. The summed E-state index contributed by atoms with van der Waals surface area (Å²) in [5, 5.41) is 9.06. The molecule has 0 saturated carbocycles. The fourth-order valence-electron chi connectivity index (χ4n) is 1.85. The first-order valence-corrected chi connectivity index (χ1v) is 10.1. The molecular weight excluding hydrogens is 448 g/mol. The Morgan fingerprint density at radius 2 is 0.758 bits per heavy atom. The molecule has 0 heterocycles. The van der Waals surface area contributed by atoms with E-state index in [2.05, 4.69) is 9.47 Å². The summed E-state index contributed by atoms with van der Waals surface area (Å²) in [7, 11) is 0. The zero-order valence-electron chi connectivity index (χ0n) is 19.5. The second kappa shape index (κ2) is 14.0. The van der Waals surface area contributed by atoms with E-state index in [4.69, 9.17) is 24.1 Å². The van der Waals surface area contributed by atoms with Crippen molar-refractivity contribution < 1.29 is 62.3 Å². The Kier molecular flexibility index (Phi) is 12.7. The highest BCUT2D eigenvalue weighted by Crippen LogP contribution is 2.08. The van der Waals surface area contributed by atoms with Gasteiger partial charge in [-0.05, 0) is 48.5 Å². The van der Waals surface area contributed by atoms with E-state index >= 15 is 0 Å². The summed E-state index contributed by atoms with van der Waals surface area (Å²) in [6.07, 6.45) is -8.46. The molecule has 13 nitrogen and oxygen atoms in total. The summed E-state index contributed by atoms with van der Waals surface area (Å²) >= 11 is 0. The number of aliphatic hydroxyl groups is 1. The lowest BCUT2D eigenvalue weighted by Gasteiger charge is -2.20. The number of ether oxygens (including phenoxy) is 6. The van der Waals surface area contributed by atoms with Gasteiger partial charge in [-0.2, -0.15) is 0 Å². The maximum Gasteiger partial charge on any atom is 0.347 e. The molecular formula is C20H30O13. The van der Waals surface area contributed by atoms with Crippen LogP contribution in [0, 0.1) is 0 Å². The highest BCUT2D eigenvalue weighted by Gasteiger charge is 2.31. The van der Waals surface area contributed by atoms with Crippen LogP contribution >= 0.6 is 0 Å². The lowest BCUT2D eigenvalue weighted by Crippen LogP contribution is -2.38. The maximum absolute atomic E-state index is 12.1. The third kappa shape index (κ3) is 10.8. The molecule has 0 bridgehead atoms. The average Bonchev–Trinajstić information content (AvgIpc) is 2.72. The molecule has 0 aliphatic carbocycles. The molecule has 0 rings (SSSR count).